The van der Waals surface area contributed by atoms with E-state index in [0.717, 1.165) is 32.2 Å². The molecule has 0 saturated carbocycles. The van der Waals surface area contributed by atoms with Crippen molar-refractivity contribution in [3.63, 3.8) is 0 Å². The van der Waals surface area contributed by atoms with E-state index in [2.05, 4.69) is 70.5 Å². The minimum atomic E-state index is -0.584. The van der Waals surface area contributed by atoms with Crippen LogP contribution < -0.4 is 4.57 Å². The highest BCUT2D eigenvalue weighted by atomic mass is 16.7. The Morgan fingerprint density at radius 1 is 0.520 bits per heavy atom. The van der Waals surface area contributed by atoms with E-state index in [9.17, 15) is 0 Å². The minimum absolute atomic E-state index is 0.00738. The summed E-state index contributed by atoms with van der Waals surface area (Å²) in [7, 11) is -0.584. The first-order valence-electron chi connectivity index (χ1n) is 22.3. The number of rotatable bonds is 37. The summed E-state index contributed by atoms with van der Waals surface area (Å²) in [5, 5.41) is 0. The fourth-order valence-corrected chi connectivity index (χ4v) is 6.43. The molecule has 0 spiro atoms. The Labute approximate surface area is 315 Å². The van der Waals surface area contributed by atoms with E-state index >= 15 is 0 Å². The van der Waals surface area contributed by atoms with Gasteiger partial charge in [0.25, 0.3) is 0 Å². The third-order valence-corrected chi connectivity index (χ3v) is 9.76. The van der Waals surface area contributed by atoms with Crippen molar-refractivity contribution in [1.29, 1.82) is 0 Å². The second-order valence-corrected chi connectivity index (χ2v) is 14.7. The molecule has 0 aliphatic carbocycles. The SMILES string of the molecule is CCCCCCCCOB(OCCCCCCCC)OC(CCCCCCC)c1cccc[n+]1CCCCCCCC.[CH2-]CCCCCCC. The first-order chi connectivity index (χ1) is 24.7. The van der Waals surface area contributed by atoms with Crippen LogP contribution in [0.1, 0.15) is 239 Å². The van der Waals surface area contributed by atoms with Crippen LogP contribution in [0.25, 0.3) is 0 Å². The number of aryl methyl sites for hydroxylation is 1. The molecule has 0 fully saturated rings. The maximum Gasteiger partial charge on any atom is 0.640 e. The van der Waals surface area contributed by atoms with Gasteiger partial charge < -0.3 is 20.9 Å². The summed E-state index contributed by atoms with van der Waals surface area (Å²) in [5.41, 5.74) is 1.28. The van der Waals surface area contributed by atoms with Crippen molar-refractivity contribution < 1.29 is 18.5 Å². The highest BCUT2D eigenvalue weighted by molar-refractivity contribution is 6.36. The lowest BCUT2D eigenvalue weighted by molar-refractivity contribution is -0.707. The molecule has 50 heavy (non-hydrogen) atoms. The van der Waals surface area contributed by atoms with Crippen LogP contribution in [0.5, 0.6) is 0 Å². The summed E-state index contributed by atoms with van der Waals surface area (Å²) >= 11 is 0. The highest BCUT2D eigenvalue weighted by Gasteiger charge is 2.31. The van der Waals surface area contributed by atoms with Gasteiger partial charge in [-0.25, -0.2) is 4.57 Å². The second kappa shape index (κ2) is 40.9. The van der Waals surface area contributed by atoms with E-state index in [1.165, 1.54) is 173 Å². The predicted molar refractivity (Wildman–Crippen MR) is 220 cm³/mol. The molecule has 0 saturated heterocycles. The van der Waals surface area contributed by atoms with E-state index in [1.54, 1.807) is 0 Å². The van der Waals surface area contributed by atoms with Crippen LogP contribution >= 0.6 is 0 Å². The lowest BCUT2D eigenvalue weighted by Gasteiger charge is -2.22. The maximum atomic E-state index is 6.77. The van der Waals surface area contributed by atoms with Crippen LogP contribution in [0, 0.1) is 6.92 Å². The normalized spacial score (nSPS) is 11.8. The van der Waals surface area contributed by atoms with Crippen LogP contribution in [0.4, 0.5) is 0 Å². The number of pyridine rings is 1. The summed E-state index contributed by atoms with van der Waals surface area (Å²) in [6, 6.07) is 6.61. The van der Waals surface area contributed by atoms with Gasteiger partial charge in [-0.2, -0.15) is 6.42 Å². The van der Waals surface area contributed by atoms with Crippen molar-refractivity contribution in [2.24, 2.45) is 0 Å². The topological polar surface area (TPSA) is 31.6 Å². The van der Waals surface area contributed by atoms with Gasteiger partial charge in [0, 0.05) is 31.8 Å². The van der Waals surface area contributed by atoms with Crippen molar-refractivity contribution >= 4 is 7.32 Å². The average Bonchev–Trinajstić information content (AvgIpc) is 3.13. The molecule has 0 aliphatic heterocycles. The van der Waals surface area contributed by atoms with Gasteiger partial charge in [0.15, 0.2) is 6.20 Å². The standard InChI is InChI=1S/C37H71BNO3.C8H17/c1-5-9-13-17-21-26-32-39-33-27-25-30-36(39)37(31-24-20-16-12-8-4)42-38(40-34-28-22-18-14-10-6-2)41-35-29-23-19-15-11-7-3;1-3-5-7-8-6-4-2/h25,27,30,33,37H,5-24,26,28-29,31-32,34-35H2,1-4H3;1,3-8H2,2H3/q+1;-1. The lowest BCUT2D eigenvalue weighted by atomic mass is 10.0. The predicted octanol–water partition coefficient (Wildman–Crippen LogP) is 14.7. The molecular formula is C45H88BNO3. The number of aromatic nitrogens is 1. The Bertz CT molecular complexity index is 754. The largest absolute Gasteiger partial charge is 0.640 e. The Morgan fingerprint density at radius 2 is 0.940 bits per heavy atom. The van der Waals surface area contributed by atoms with Crippen LogP contribution in [-0.4, -0.2) is 20.5 Å². The molecule has 0 N–H and O–H groups in total. The molecule has 4 nitrogen and oxygen atoms in total. The molecule has 1 aromatic heterocycles. The number of hydrogen-bond acceptors (Lipinski definition) is 3. The zero-order valence-electron chi connectivity index (χ0n) is 34.7. The van der Waals surface area contributed by atoms with Crippen molar-refractivity contribution in [3.8, 4) is 0 Å². The summed E-state index contributed by atoms with van der Waals surface area (Å²) in [4.78, 5) is 0. The van der Waals surface area contributed by atoms with Crippen LogP contribution in [0.15, 0.2) is 24.4 Å². The Kier molecular flexibility index (Phi) is 40.1. The molecule has 1 heterocycles. The van der Waals surface area contributed by atoms with Gasteiger partial charge in [0.2, 0.25) is 5.69 Å². The van der Waals surface area contributed by atoms with Gasteiger partial charge in [0.05, 0.1) is 0 Å². The summed E-state index contributed by atoms with van der Waals surface area (Å²) < 4.78 is 21.8. The lowest BCUT2D eigenvalue weighted by Crippen LogP contribution is -2.41. The highest BCUT2D eigenvalue weighted by Crippen LogP contribution is 2.24. The van der Waals surface area contributed by atoms with Crippen molar-refractivity contribution in [2.45, 2.75) is 240 Å². The van der Waals surface area contributed by atoms with Crippen LogP contribution in [0.3, 0.4) is 0 Å². The van der Waals surface area contributed by atoms with Gasteiger partial charge in [0.1, 0.15) is 12.6 Å². The van der Waals surface area contributed by atoms with Gasteiger partial charge in [-0.3, -0.25) is 0 Å². The van der Waals surface area contributed by atoms with Crippen LogP contribution in [-0.2, 0) is 20.5 Å². The van der Waals surface area contributed by atoms with Crippen molar-refractivity contribution in [2.75, 3.05) is 13.2 Å². The Hall–Kier alpha value is -0.905. The average molecular weight is 702 g/mol. The Balaban J connectivity index is 0.00000265. The molecule has 0 amide bonds. The molecule has 0 aliphatic rings. The molecule has 1 aromatic rings. The molecule has 1 atom stereocenters. The third-order valence-electron chi connectivity index (χ3n) is 9.76. The Morgan fingerprint density at radius 3 is 1.42 bits per heavy atom. The zero-order valence-corrected chi connectivity index (χ0v) is 34.7. The van der Waals surface area contributed by atoms with Gasteiger partial charge >= 0.3 is 7.32 Å². The first kappa shape index (κ1) is 49.1. The molecule has 0 aromatic carbocycles. The summed E-state index contributed by atoms with van der Waals surface area (Å²) in [6.07, 6.45) is 40.6. The second-order valence-electron chi connectivity index (χ2n) is 14.7. The smallest absolute Gasteiger partial charge is 0.386 e. The molecular weight excluding hydrogens is 613 g/mol. The van der Waals surface area contributed by atoms with E-state index in [0.29, 0.717) is 13.2 Å². The van der Waals surface area contributed by atoms with E-state index in [4.69, 9.17) is 14.0 Å². The monoisotopic (exact) mass is 702 g/mol. The molecule has 1 unspecified atom stereocenters. The molecule has 0 bridgehead atoms. The van der Waals surface area contributed by atoms with E-state index < -0.39 is 7.32 Å². The van der Waals surface area contributed by atoms with Gasteiger partial charge in [-0.05, 0) is 25.7 Å². The van der Waals surface area contributed by atoms with E-state index in [-0.39, 0.29) is 6.10 Å². The third kappa shape index (κ3) is 31.8. The first-order valence-corrected chi connectivity index (χ1v) is 22.3. The molecule has 5 heteroatoms. The molecule has 0 radical (unpaired) electrons. The fourth-order valence-electron chi connectivity index (χ4n) is 6.43. The number of hydrogen-bond donors (Lipinski definition) is 0. The fraction of sp³-hybridized carbons (Fsp3) is 0.867. The molecule has 294 valence electrons. The minimum Gasteiger partial charge on any atom is -0.386 e. The van der Waals surface area contributed by atoms with Crippen molar-refractivity contribution in [1.82, 2.24) is 0 Å². The van der Waals surface area contributed by atoms with Crippen LogP contribution in [0.2, 0.25) is 0 Å². The summed E-state index contributed by atoms with van der Waals surface area (Å²) in [6.45, 7) is 17.6. The molecule has 1 rings (SSSR count). The quantitative estimate of drug-likeness (QED) is 0.0299. The number of nitrogens with zero attached hydrogens (tertiary/aromatic N) is 1. The number of unbranched alkanes of at least 4 members (excludes halogenated alkanes) is 24. The zero-order chi connectivity index (χ0) is 36.6. The van der Waals surface area contributed by atoms with Gasteiger partial charge in [-0.15, -0.1) is 0 Å². The van der Waals surface area contributed by atoms with Crippen molar-refractivity contribution in [3.05, 3.63) is 37.0 Å². The maximum absolute atomic E-state index is 6.77. The van der Waals surface area contributed by atoms with E-state index in [1.807, 2.05) is 0 Å². The van der Waals surface area contributed by atoms with Gasteiger partial charge in [-0.1, -0.05) is 195 Å². The summed E-state index contributed by atoms with van der Waals surface area (Å²) in [5.74, 6) is 0.